The fourth-order valence-corrected chi connectivity index (χ4v) is 0.545. The van der Waals surface area contributed by atoms with E-state index in [0.717, 1.165) is 5.69 Å². The van der Waals surface area contributed by atoms with E-state index in [1.54, 1.807) is 12.5 Å². The second kappa shape index (κ2) is 2.86. The molecule has 1 aromatic heterocycles. The van der Waals surface area contributed by atoms with Gasteiger partial charge in [0, 0.05) is 0 Å². The summed E-state index contributed by atoms with van der Waals surface area (Å²) in [5.41, 5.74) is 0.721. The number of nitrogens with zero attached hydrogens (tertiary/aromatic N) is 2. The van der Waals surface area contributed by atoms with Gasteiger partial charge in [0.05, 0.1) is 11.8 Å². The predicted molar refractivity (Wildman–Crippen MR) is 43.9 cm³/mol. The van der Waals surface area contributed by atoms with Crippen molar-refractivity contribution in [2.75, 3.05) is 0 Å². The minimum atomic E-state index is -0.0427. The monoisotopic (exact) mass is 152 g/mol. The molecule has 3 nitrogen and oxygen atoms in total. The van der Waals surface area contributed by atoms with E-state index in [1.807, 2.05) is 20.8 Å². The lowest BCUT2D eigenvalue weighted by Gasteiger charge is -2.09. The van der Waals surface area contributed by atoms with E-state index in [9.17, 15) is 0 Å². The number of aliphatic imine (C=N–C) groups is 1. The van der Waals surface area contributed by atoms with Gasteiger partial charge >= 0.3 is 0 Å². The van der Waals surface area contributed by atoms with Crippen molar-refractivity contribution in [1.29, 1.82) is 0 Å². The van der Waals surface area contributed by atoms with Gasteiger partial charge < -0.3 is 4.42 Å². The molecule has 1 aromatic rings. The molecule has 0 aromatic carbocycles. The van der Waals surface area contributed by atoms with Gasteiger partial charge in [0.25, 0.3) is 0 Å². The minimum absolute atomic E-state index is 0.0427. The molecule has 11 heavy (non-hydrogen) atoms. The molecule has 0 N–H and O–H groups in total. The third kappa shape index (κ3) is 2.98. The van der Waals surface area contributed by atoms with Gasteiger partial charge in [-0.05, 0) is 20.8 Å². The lowest BCUT2D eigenvalue weighted by atomic mass is 10.1. The van der Waals surface area contributed by atoms with Crippen LogP contribution < -0.4 is 0 Å². The zero-order valence-electron chi connectivity index (χ0n) is 7.03. The Morgan fingerprint density at radius 3 is 2.73 bits per heavy atom. The highest BCUT2D eigenvalue weighted by molar-refractivity contribution is 5.76. The van der Waals surface area contributed by atoms with E-state index in [2.05, 4.69) is 9.98 Å². The van der Waals surface area contributed by atoms with Crippen LogP contribution in [0.15, 0.2) is 22.1 Å². The van der Waals surface area contributed by atoms with E-state index >= 15 is 0 Å². The first kappa shape index (κ1) is 7.98. The summed E-state index contributed by atoms with van der Waals surface area (Å²) >= 11 is 0. The molecule has 3 heteroatoms. The van der Waals surface area contributed by atoms with Crippen LogP contribution in [0.2, 0.25) is 0 Å². The minimum Gasteiger partial charge on any atom is -0.451 e. The second-order valence-corrected chi connectivity index (χ2v) is 3.34. The highest BCUT2D eigenvalue weighted by Gasteiger charge is 2.04. The molecule has 0 fully saturated rings. The van der Waals surface area contributed by atoms with Crippen LogP contribution in [-0.2, 0) is 0 Å². The Bertz CT molecular complexity index is 231. The molecule has 1 heterocycles. The molecule has 0 radical (unpaired) electrons. The molecule has 0 aliphatic carbocycles. The maximum atomic E-state index is 4.78. The maximum Gasteiger partial charge on any atom is 0.181 e. The van der Waals surface area contributed by atoms with Crippen molar-refractivity contribution in [3.05, 3.63) is 18.4 Å². The van der Waals surface area contributed by atoms with Crippen molar-refractivity contribution < 1.29 is 4.42 Å². The van der Waals surface area contributed by atoms with Gasteiger partial charge in [0.2, 0.25) is 0 Å². The molecule has 0 amide bonds. The van der Waals surface area contributed by atoms with Crippen LogP contribution in [-0.4, -0.2) is 16.7 Å². The summed E-state index contributed by atoms with van der Waals surface area (Å²) in [4.78, 5) is 8.15. The predicted octanol–water partition coefficient (Wildman–Crippen LogP) is 1.89. The van der Waals surface area contributed by atoms with E-state index in [4.69, 9.17) is 4.42 Å². The molecular formula is C8H12N2O. The molecule has 0 saturated heterocycles. The van der Waals surface area contributed by atoms with Gasteiger partial charge in [-0.15, -0.1) is 0 Å². The van der Waals surface area contributed by atoms with Crippen LogP contribution in [0.25, 0.3) is 0 Å². The first-order chi connectivity index (χ1) is 5.08. The van der Waals surface area contributed by atoms with E-state index in [1.165, 1.54) is 6.39 Å². The van der Waals surface area contributed by atoms with Gasteiger partial charge in [-0.3, -0.25) is 4.99 Å². The highest BCUT2D eigenvalue weighted by atomic mass is 16.3. The molecular weight excluding hydrogens is 140 g/mol. The Kier molecular flexibility index (Phi) is 2.08. The summed E-state index contributed by atoms with van der Waals surface area (Å²) in [5, 5.41) is 0. The molecule has 60 valence electrons. The number of rotatable bonds is 1. The number of aromatic nitrogens is 1. The normalized spacial score (nSPS) is 12.6. The van der Waals surface area contributed by atoms with Gasteiger partial charge in [0.1, 0.15) is 12.0 Å². The van der Waals surface area contributed by atoms with Gasteiger partial charge in [-0.2, -0.15) is 0 Å². The van der Waals surface area contributed by atoms with Crippen LogP contribution in [0.4, 0.5) is 0 Å². The fraction of sp³-hybridized carbons (Fsp3) is 0.500. The number of hydrogen-bond donors (Lipinski definition) is 0. The van der Waals surface area contributed by atoms with Crippen LogP contribution in [0, 0.1) is 0 Å². The van der Waals surface area contributed by atoms with Crippen molar-refractivity contribution >= 4 is 6.21 Å². The Balaban J connectivity index is 2.63. The average Bonchev–Trinajstić information content (AvgIpc) is 2.32. The first-order valence-electron chi connectivity index (χ1n) is 3.51. The SMILES string of the molecule is CC(C)(C)N=Cc1cocn1. The summed E-state index contributed by atoms with van der Waals surface area (Å²) in [6.45, 7) is 6.09. The Hall–Kier alpha value is -1.12. The molecule has 0 unspecified atom stereocenters. The first-order valence-corrected chi connectivity index (χ1v) is 3.51. The summed E-state index contributed by atoms with van der Waals surface area (Å²) in [6, 6.07) is 0. The van der Waals surface area contributed by atoms with Crippen molar-refractivity contribution in [3.8, 4) is 0 Å². The standard InChI is InChI=1S/C8H12N2O/c1-8(2,3)10-4-7-5-11-6-9-7/h4-6H,1-3H3. The van der Waals surface area contributed by atoms with Crippen LogP contribution >= 0.6 is 0 Å². The van der Waals surface area contributed by atoms with Crippen molar-refractivity contribution in [3.63, 3.8) is 0 Å². The number of hydrogen-bond acceptors (Lipinski definition) is 3. The molecule has 0 saturated carbocycles. The van der Waals surface area contributed by atoms with Gasteiger partial charge in [-0.1, -0.05) is 0 Å². The zero-order chi connectivity index (χ0) is 8.32. The summed E-state index contributed by atoms with van der Waals surface area (Å²) in [5.74, 6) is 0. The Morgan fingerprint density at radius 1 is 1.55 bits per heavy atom. The second-order valence-electron chi connectivity index (χ2n) is 3.34. The fourth-order valence-electron chi connectivity index (χ4n) is 0.545. The lowest BCUT2D eigenvalue weighted by Crippen LogP contribution is -2.09. The molecule has 0 atom stereocenters. The third-order valence-electron chi connectivity index (χ3n) is 1.04. The topological polar surface area (TPSA) is 38.4 Å². The number of oxazole rings is 1. The largest absolute Gasteiger partial charge is 0.451 e. The molecule has 1 rings (SSSR count). The Morgan fingerprint density at radius 2 is 2.27 bits per heavy atom. The average molecular weight is 152 g/mol. The van der Waals surface area contributed by atoms with Crippen LogP contribution in [0.1, 0.15) is 26.5 Å². The van der Waals surface area contributed by atoms with Gasteiger partial charge in [0.15, 0.2) is 6.39 Å². The van der Waals surface area contributed by atoms with Crippen molar-refractivity contribution in [2.45, 2.75) is 26.3 Å². The third-order valence-corrected chi connectivity index (χ3v) is 1.04. The van der Waals surface area contributed by atoms with E-state index in [-0.39, 0.29) is 5.54 Å². The smallest absolute Gasteiger partial charge is 0.181 e. The molecule has 0 bridgehead atoms. The van der Waals surface area contributed by atoms with E-state index in [0.29, 0.717) is 0 Å². The summed E-state index contributed by atoms with van der Waals surface area (Å²) in [7, 11) is 0. The van der Waals surface area contributed by atoms with Crippen LogP contribution in [0.5, 0.6) is 0 Å². The highest BCUT2D eigenvalue weighted by Crippen LogP contribution is 2.05. The lowest BCUT2D eigenvalue weighted by molar-refractivity contribution is 0.557. The van der Waals surface area contributed by atoms with E-state index < -0.39 is 0 Å². The summed E-state index contributed by atoms with van der Waals surface area (Å²) in [6.07, 6.45) is 4.67. The molecule has 0 aliphatic heterocycles. The maximum absolute atomic E-state index is 4.78. The van der Waals surface area contributed by atoms with Crippen LogP contribution in [0.3, 0.4) is 0 Å². The van der Waals surface area contributed by atoms with Gasteiger partial charge in [-0.25, -0.2) is 4.98 Å². The quantitative estimate of drug-likeness (QED) is 0.576. The molecule has 0 spiro atoms. The Labute approximate surface area is 66.2 Å². The zero-order valence-corrected chi connectivity index (χ0v) is 7.03. The van der Waals surface area contributed by atoms with Crippen molar-refractivity contribution in [1.82, 2.24) is 4.98 Å². The molecule has 0 aliphatic rings. The summed E-state index contributed by atoms with van der Waals surface area (Å²) < 4.78 is 4.78. The van der Waals surface area contributed by atoms with Crippen molar-refractivity contribution in [2.24, 2.45) is 4.99 Å².